The number of aliphatic hydroxyl groups is 1. The smallest absolute Gasteiger partial charge is 0.164 e. The van der Waals surface area contributed by atoms with Gasteiger partial charge in [0.1, 0.15) is 11.5 Å². The summed E-state index contributed by atoms with van der Waals surface area (Å²) in [6, 6.07) is 22.2. The minimum absolute atomic E-state index is 0. The van der Waals surface area contributed by atoms with Crippen LogP contribution in [0.4, 0.5) is 0 Å². The van der Waals surface area contributed by atoms with E-state index in [0.717, 1.165) is 64.6 Å². The molecular weight excluding hydrogens is 761 g/mol. The maximum Gasteiger partial charge on any atom is 0.164 e. The van der Waals surface area contributed by atoms with Gasteiger partial charge in [0, 0.05) is 66.0 Å². The maximum atomic E-state index is 12.2. The van der Waals surface area contributed by atoms with Crippen LogP contribution in [-0.4, -0.2) is 20.9 Å². The number of aromatic nitrogens is 2. The summed E-state index contributed by atoms with van der Waals surface area (Å²) >= 11 is 0. The zero-order valence-electron chi connectivity index (χ0n) is 29.3. The molecule has 0 spiro atoms. The predicted octanol–water partition coefficient (Wildman–Crippen LogP) is 11.5. The third kappa shape index (κ3) is 8.47. The van der Waals surface area contributed by atoms with Crippen LogP contribution in [0.3, 0.4) is 0 Å². The van der Waals surface area contributed by atoms with Crippen molar-refractivity contribution in [2.24, 2.45) is 10.8 Å². The van der Waals surface area contributed by atoms with E-state index in [1.165, 1.54) is 17.0 Å². The molecule has 0 aliphatic heterocycles. The van der Waals surface area contributed by atoms with E-state index in [2.05, 4.69) is 73.2 Å². The Morgan fingerprint density at radius 3 is 2.15 bits per heavy atom. The van der Waals surface area contributed by atoms with Gasteiger partial charge in [0.25, 0.3) is 0 Å². The van der Waals surface area contributed by atoms with E-state index in [1.807, 2.05) is 65.9 Å². The van der Waals surface area contributed by atoms with Gasteiger partial charge in [0.05, 0.1) is 6.20 Å². The van der Waals surface area contributed by atoms with Crippen LogP contribution in [0.5, 0.6) is 0 Å². The number of aliphatic hydroxyl groups excluding tert-OH is 1. The predicted molar refractivity (Wildman–Crippen MR) is 191 cm³/mol. The number of benzene rings is 2. The minimum atomic E-state index is -0.337. The third-order valence-electron chi connectivity index (χ3n) is 9.83. The summed E-state index contributed by atoms with van der Waals surface area (Å²) < 4.78 is 5.99. The molecule has 1 N–H and O–H groups in total. The average molecular weight is 810 g/mol. The van der Waals surface area contributed by atoms with Crippen molar-refractivity contribution in [3.8, 4) is 22.6 Å². The van der Waals surface area contributed by atoms with Crippen molar-refractivity contribution < 1.29 is 34.4 Å². The van der Waals surface area contributed by atoms with E-state index < -0.39 is 0 Å². The molecule has 3 aromatic heterocycles. The Labute approximate surface area is 294 Å². The number of hydrogen-bond donors (Lipinski definition) is 1. The van der Waals surface area contributed by atoms with Crippen LogP contribution in [0.2, 0.25) is 0 Å². The number of rotatable bonds is 9. The molecule has 0 atom stereocenters. The number of carbonyl (C=O) groups is 1. The maximum absolute atomic E-state index is 12.2. The Morgan fingerprint density at radius 1 is 0.872 bits per heavy atom. The van der Waals surface area contributed by atoms with Crippen LogP contribution in [-0.2, 0) is 30.3 Å². The first kappa shape index (κ1) is 37.9. The molecule has 0 saturated carbocycles. The molecule has 1 radical (unpaired) electrons. The van der Waals surface area contributed by atoms with Crippen molar-refractivity contribution in [3.63, 3.8) is 0 Å². The number of carbonyl (C=O) groups excluding carboxylic acids is 1. The van der Waals surface area contributed by atoms with Crippen molar-refractivity contribution >= 4 is 27.5 Å². The second-order valence-corrected chi connectivity index (χ2v) is 13.8. The number of ketones is 1. The molecule has 0 saturated heterocycles. The molecule has 47 heavy (non-hydrogen) atoms. The topological polar surface area (TPSA) is 76.2 Å². The molecule has 3 heterocycles. The van der Waals surface area contributed by atoms with Crippen molar-refractivity contribution in [2.75, 3.05) is 0 Å². The summed E-state index contributed by atoms with van der Waals surface area (Å²) in [6.45, 7) is 18.8. The molecule has 0 aliphatic rings. The SMILES string of the molecule is CC(C)(C)c1cc(-c2cc(-c3cc4ccncc4o3)ccn2)[c-]c2ccccc12.CCC(C)(CC)C(=O)/C=C(\O)C(C)(CC)CC.[Ir]. The van der Waals surface area contributed by atoms with Crippen LogP contribution in [0.1, 0.15) is 93.6 Å². The molecule has 0 aliphatic carbocycles. The number of fused-ring (bicyclic) bond motifs is 2. The van der Waals surface area contributed by atoms with E-state index >= 15 is 0 Å². The van der Waals surface area contributed by atoms with E-state index in [9.17, 15) is 9.90 Å². The summed E-state index contributed by atoms with van der Waals surface area (Å²) in [5.41, 5.74) is 4.37. The molecule has 2 aromatic carbocycles. The van der Waals surface area contributed by atoms with Crippen LogP contribution in [0.25, 0.3) is 44.3 Å². The van der Waals surface area contributed by atoms with Gasteiger partial charge in [-0.3, -0.25) is 14.8 Å². The van der Waals surface area contributed by atoms with Gasteiger partial charge in [-0.1, -0.05) is 97.5 Å². The fourth-order valence-corrected chi connectivity index (χ4v) is 5.43. The number of nitrogens with zero attached hydrogens (tertiary/aromatic N) is 2. The van der Waals surface area contributed by atoms with Gasteiger partial charge in [-0.05, 0) is 49.3 Å². The van der Waals surface area contributed by atoms with Gasteiger partial charge < -0.3 is 9.52 Å². The molecule has 5 aromatic rings. The van der Waals surface area contributed by atoms with E-state index in [4.69, 9.17) is 4.42 Å². The first-order valence-corrected chi connectivity index (χ1v) is 16.5. The van der Waals surface area contributed by atoms with Gasteiger partial charge in [-0.2, -0.15) is 0 Å². The Balaban J connectivity index is 0.000000290. The van der Waals surface area contributed by atoms with E-state index in [0.29, 0.717) is 0 Å². The normalized spacial score (nSPS) is 12.4. The first-order valence-electron chi connectivity index (χ1n) is 16.5. The standard InChI is InChI=1S/C26H21N2O.C15H28O2.Ir/c1-26(2,3)22-13-20(12-17-6-4-5-7-21(17)22)23-14-18(9-11-28-23)24-15-19-8-10-27-16-25(19)29-24;1-7-14(5,8-2)12(16)11-13(17)15(6,9-3)10-4;/h4-11,13-16H,1-3H3;11,16H,7-10H2,1-6H3;/q-1;;/b;12-11-;. The molecule has 5 rings (SSSR count). The van der Waals surface area contributed by atoms with E-state index in [1.54, 1.807) is 12.4 Å². The molecule has 0 fully saturated rings. The quantitative estimate of drug-likeness (QED) is 0.0912. The first-order chi connectivity index (χ1) is 21.8. The van der Waals surface area contributed by atoms with Crippen molar-refractivity contribution in [1.82, 2.24) is 9.97 Å². The second-order valence-electron chi connectivity index (χ2n) is 13.8. The number of pyridine rings is 2. The third-order valence-corrected chi connectivity index (χ3v) is 9.83. The van der Waals surface area contributed by atoms with Crippen LogP contribution in [0.15, 0.2) is 89.4 Å². The molecule has 6 heteroatoms. The number of allylic oxidation sites excluding steroid dienone is 2. The van der Waals surface area contributed by atoms with Crippen molar-refractivity contribution in [3.05, 3.63) is 96.7 Å². The molecule has 5 nitrogen and oxygen atoms in total. The minimum Gasteiger partial charge on any atom is -0.512 e. The average Bonchev–Trinajstić information content (AvgIpc) is 3.51. The zero-order valence-corrected chi connectivity index (χ0v) is 31.7. The zero-order chi connectivity index (χ0) is 33.7. The Morgan fingerprint density at radius 2 is 1.53 bits per heavy atom. The fraction of sp³-hybridized carbons (Fsp3) is 0.390. The summed E-state index contributed by atoms with van der Waals surface area (Å²) in [5, 5.41) is 13.5. The molecular formula is C41H49IrN2O3-. The summed E-state index contributed by atoms with van der Waals surface area (Å²) in [4.78, 5) is 20.9. The Hall–Kier alpha value is -3.60. The van der Waals surface area contributed by atoms with Crippen molar-refractivity contribution in [1.29, 1.82) is 0 Å². The number of hydrogen-bond acceptors (Lipinski definition) is 5. The summed E-state index contributed by atoms with van der Waals surface area (Å²) in [7, 11) is 0. The summed E-state index contributed by atoms with van der Waals surface area (Å²) in [6.07, 6.45) is 10.1. The van der Waals surface area contributed by atoms with Crippen molar-refractivity contribution in [2.45, 2.75) is 93.4 Å². The molecule has 0 bridgehead atoms. The van der Waals surface area contributed by atoms with Crippen LogP contribution < -0.4 is 0 Å². The van der Waals surface area contributed by atoms with Gasteiger partial charge in [-0.25, -0.2) is 0 Å². The monoisotopic (exact) mass is 810 g/mol. The van der Waals surface area contributed by atoms with Gasteiger partial charge >= 0.3 is 0 Å². The largest absolute Gasteiger partial charge is 0.512 e. The van der Waals surface area contributed by atoms with Crippen LogP contribution >= 0.6 is 0 Å². The Bertz CT molecular complexity index is 1810. The molecule has 251 valence electrons. The van der Waals surface area contributed by atoms with Gasteiger partial charge in [0.2, 0.25) is 0 Å². The molecule has 0 amide bonds. The second kappa shape index (κ2) is 15.5. The Kier molecular flexibility index (Phi) is 12.5. The molecule has 0 unspecified atom stereocenters. The van der Waals surface area contributed by atoms with Gasteiger partial charge in [-0.15, -0.1) is 29.1 Å². The van der Waals surface area contributed by atoms with Crippen LogP contribution in [0, 0.1) is 16.9 Å². The van der Waals surface area contributed by atoms with Gasteiger partial charge in [0.15, 0.2) is 11.4 Å². The summed E-state index contributed by atoms with van der Waals surface area (Å²) in [5.74, 6) is 1.10. The van der Waals surface area contributed by atoms with E-state index in [-0.39, 0.29) is 47.9 Å². The fourth-order valence-electron chi connectivity index (χ4n) is 5.43. The number of furan rings is 1.